The molecular formula is C24H20N2OS. The summed E-state index contributed by atoms with van der Waals surface area (Å²) in [6, 6.07) is 30.3. The second-order valence-corrected chi connectivity index (χ2v) is 7.46. The Morgan fingerprint density at radius 1 is 0.786 bits per heavy atom. The highest BCUT2D eigenvalue weighted by Gasteiger charge is 2.16. The second-order valence-electron chi connectivity index (χ2n) is 6.46. The fourth-order valence-corrected chi connectivity index (χ4v) is 4.04. The number of benzene rings is 3. The zero-order valence-electron chi connectivity index (χ0n) is 15.3. The minimum Gasteiger partial charge on any atom is -0.302 e. The van der Waals surface area contributed by atoms with E-state index in [1.807, 2.05) is 78.9 Å². The fraction of sp³-hybridized carbons (Fsp3) is 0.0833. The molecule has 0 aliphatic carbocycles. The molecule has 0 atom stereocenters. The minimum absolute atomic E-state index is 0.0168. The van der Waals surface area contributed by atoms with E-state index in [-0.39, 0.29) is 5.91 Å². The summed E-state index contributed by atoms with van der Waals surface area (Å²) in [5.74, 6) is -0.0168. The lowest BCUT2D eigenvalue weighted by Crippen LogP contribution is -2.12. The molecule has 0 fully saturated rings. The van der Waals surface area contributed by atoms with E-state index in [0.717, 1.165) is 33.7 Å². The molecule has 0 saturated heterocycles. The van der Waals surface area contributed by atoms with Crippen molar-refractivity contribution in [3.63, 3.8) is 0 Å². The number of anilines is 1. The molecule has 0 spiro atoms. The van der Waals surface area contributed by atoms with Crippen LogP contribution < -0.4 is 5.32 Å². The van der Waals surface area contributed by atoms with Gasteiger partial charge in [-0.1, -0.05) is 102 Å². The van der Waals surface area contributed by atoms with E-state index < -0.39 is 0 Å². The van der Waals surface area contributed by atoms with Crippen molar-refractivity contribution in [3.8, 4) is 21.7 Å². The zero-order valence-corrected chi connectivity index (χ0v) is 16.2. The molecule has 4 rings (SSSR count). The van der Waals surface area contributed by atoms with Crippen LogP contribution in [0, 0.1) is 0 Å². The van der Waals surface area contributed by atoms with E-state index in [9.17, 15) is 4.79 Å². The SMILES string of the molecule is O=C(CCc1ccccc1)Nc1nc(-c2ccccc2)c(-c2ccccc2)s1. The molecule has 1 N–H and O–H groups in total. The van der Waals surface area contributed by atoms with Gasteiger partial charge in [-0.2, -0.15) is 0 Å². The zero-order chi connectivity index (χ0) is 19.2. The molecule has 1 amide bonds. The van der Waals surface area contributed by atoms with Gasteiger partial charge in [0, 0.05) is 12.0 Å². The smallest absolute Gasteiger partial charge is 0.226 e. The molecule has 1 aromatic heterocycles. The Balaban J connectivity index is 1.56. The maximum Gasteiger partial charge on any atom is 0.226 e. The van der Waals surface area contributed by atoms with Crippen molar-refractivity contribution in [1.29, 1.82) is 0 Å². The largest absolute Gasteiger partial charge is 0.302 e. The maximum absolute atomic E-state index is 12.4. The van der Waals surface area contributed by atoms with Gasteiger partial charge in [0.15, 0.2) is 5.13 Å². The number of aromatic nitrogens is 1. The molecule has 138 valence electrons. The molecule has 28 heavy (non-hydrogen) atoms. The highest BCUT2D eigenvalue weighted by molar-refractivity contribution is 7.19. The van der Waals surface area contributed by atoms with Gasteiger partial charge in [0.2, 0.25) is 5.91 Å². The van der Waals surface area contributed by atoms with E-state index in [2.05, 4.69) is 17.4 Å². The lowest BCUT2D eigenvalue weighted by molar-refractivity contribution is -0.116. The summed E-state index contributed by atoms with van der Waals surface area (Å²) in [4.78, 5) is 18.2. The fourth-order valence-electron chi connectivity index (χ4n) is 3.03. The monoisotopic (exact) mass is 384 g/mol. The molecule has 3 nitrogen and oxygen atoms in total. The molecule has 4 heteroatoms. The van der Waals surface area contributed by atoms with Gasteiger partial charge >= 0.3 is 0 Å². The van der Waals surface area contributed by atoms with Gasteiger partial charge in [-0.05, 0) is 17.5 Å². The third-order valence-corrected chi connectivity index (χ3v) is 5.46. The molecule has 1 heterocycles. The molecule has 0 aliphatic heterocycles. The van der Waals surface area contributed by atoms with Crippen LogP contribution in [0.3, 0.4) is 0 Å². The maximum atomic E-state index is 12.4. The summed E-state index contributed by atoms with van der Waals surface area (Å²) in [7, 11) is 0. The van der Waals surface area contributed by atoms with E-state index in [4.69, 9.17) is 4.98 Å². The van der Waals surface area contributed by atoms with Crippen molar-refractivity contribution < 1.29 is 4.79 Å². The van der Waals surface area contributed by atoms with Gasteiger partial charge in [-0.25, -0.2) is 4.98 Å². The average Bonchev–Trinajstić information content (AvgIpc) is 3.18. The summed E-state index contributed by atoms with van der Waals surface area (Å²) >= 11 is 1.51. The molecule has 0 unspecified atom stereocenters. The number of hydrogen-bond donors (Lipinski definition) is 1. The predicted octanol–water partition coefficient (Wildman–Crippen LogP) is 6.05. The Kier molecular flexibility index (Phi) is 5.59. The number of carbonyl (C=O) groups excluding carboxylic acids is 1. The predicted molar refractivity (Wildman–Crippen MR) is 116 cm³/mol. The van der Waals surface area contributed by atoms with Crippen LogP contribution in [0.1, 0.15) is 12.0 Å². The lowest BCUT2D eigenvalue weighted by Gasteiger charge is -2.02. The van der Waals surface area contributed by atoms with Crippen LogP contribution >= 0.6 is 11.3 Å². The highest BCUT2D eigenvalue weighted by Crippen LogP contribution is 2.38. The van der Waals surface area contributed by atoms with Gasteiger partial charge in [-0.3, -0.25) is 4.79 Å². The van der Waals surface area contributed by atoms with Crippen molar-refractivity contribution in [3.05, 3.63) is 96.6 Å². The molecule has 4 aromatic rings. The van der Waals surface area contributed by atoms with Crippen molar-refractivity contribution in [2.24, 2.45) is 0 Å². The molecule has 0 radical (unpaired) electrons. The van der Waals surface area contributed by atoms with Crippen molar-refractivity contribution in [2.75, 3.05) is 5.32 Å². The average molecular weight is 385 g/mol. The Labute approximate surface area is 168 Å². The lowest BCUT2D eigenvalue weighted by atomic mass is 10.1. The van der Waals surface area contributed by atoms with Crippen molar-refractivity contribution in [2.45, 2.75) is 12.8 Å². The van der Waals surface area contributed by atoms with Crippen LogP contribution in [0.15, 0.2) is 91.0 Å². The number of amides is 1. The van der Waals surface area contributed by atoms with E-state index in [1.54, 1.807) is 0 Å². The topological polar surface area (TPSA) is 42.0 Å². The van der Waals surface area contributed by atoms with Crippen LogP contribution in [0.2, 0.25) is 0 Å². The third-order valence-electron chi connectivity index (χ3n) is 4.44. The first-order valence-corrected chi connectivity index (χ1v) is 10.1. The molecule has 3 aromatic carbocycles. The van der Waals surface area contributed by atoms with Crippen LogP contribution in [-0.2, 0) is 11.2 Å². The van der Waals surface area contributed by atoms with Gasteiger partial charge in [0.25, 0.3) is 0 Å². The van der Waals surface area contributed by atoms with Crippen LogP contribution in [-0.4, -0.2) is 10.9 Å². The normalized spacial score (nSPS) is 10.6. The summed E-state index contributed by atoms with van der Waals surface area (Å²) in [5, 5.41) is 3.62. The van der Waals surface area contributed by atoms with Gasteiger partial charge in [-0.15, -0.1) is 0 Å². The van der Waals surface area contributed by atoms with E-state index in [0.29, 0.717) is 11.6 Å². The Morgan fingerprint density at radius 3 is 2.00 bits per heavy atom. The number of nitrogens with one attached hydrogen (secondary N) is 1. The van der Waals surface area contributed by atoms with Crippen LogP contribution in [0.25, 0.3) is 21.7 Å². The first kappa shape index (κ1) is 18.1. The second kappa shape index (κ2) is 8.63. The van der Waals surface area contributed by atoms with Crippen LogP contribution in [0.5, 0.6) is 0 Å². The van der Waals surface area contributed by atoms with E-state index >= 15 is 0 Å². The van der Waals surface area contributed by atoms with Gasteiger partial charge in [0.05, 0.1) is 10.6 Å². The molecular weight excluding hydrogens is 364 g/mol. The standard InChI is InChI=1S/C24H20N2OS/c27-21(17-16-18-10-4-1-5-11-18)25-24-26-22(19-12-6-2-7-13-19)23(28-24)20-14-8-3-9-15-20/h1-15H,16-17H2,(H,25,26,27). The van der Waals surface area contributed by atoms with Crippen LogP contribution in [0.4, 0.5) is 5.13 Å². The third kappa shape index (κ3) is 4.35. The summed E-state index contributed by atoms with van der Waals surface area (Å²) in [5.41, 5.74) is 4.20. The number of carbonyl (C=O) groups is 1. The van der Waals surface area contributed by atoms with Crippen molar-refractivity contribution >= 4 is 22.4 Å². The Morgan fingerprint density at radius 2 is 1.36 bits per heavy atom. The first-order chi connectivity index (χ1) is 13.8. The van der Waals surface area contributed by atoms with E-state index in [1.165, 1.54) is 11.3 Å². The summed E-state index contributed by atoms with van der Waals surface area (Å²) in [6.07, 6.45) is 1.15. The summed E-state index contributed by atoms with van der Waals surface area (Å²) < 4.78 is 0. The highest BCUT2D eigenvalue weighted by atomic mass is 32.1. The number of hydrogen-bond acceptors (Lipinski definition) is 3. The first-order valence-electron chi connectivity index (χ1n) is 9.25. The van der Waals surface area contributed by atoms with Gasteiger partial charge in [0.1, 0.15) is 0 Å². The molecule has 0 bridgehead atoms. The van der Waals surface area contributed by atoms with Gasteiger partial charge < -0.3 is 5.32 Å². The Bertz CT molecular complexity index is 987. The number of aryl methyl sites for hydroxylation is 1. The summed E-state index contributed by atoms with van der Waals surface area (Å²) in [6.45, 7) is 0. The number of thiazole rings is 1. The molecule has 0 saturated carbocycles. The number of rotatable bonds is 6. The van der Waals surface area contributed by atoms with Crippen molar-refractivity contribution in [1.82, 2.24) is 4.98 Å². The Hall–Kier alpha value is -3.24. The number of nitrogens with zero attached hydrogens (tertiary/aromatic N) is 1. The quantitative estimate of drug-likeness (QED) is 0.440. The minimum atomic E-state index is -0.0168. The molecule has 0 aliphatic rings.